The first kappa shape index (κ1) is 41.4. The van der Waals surface area contributed by atoms with E-state index in [1.807, 2.05) is 6.92 Å². The molecule has 0 bridgehead atoms. The highest BCUT2D eigenvalue weighted by Gasteiger charge is 2.09. The predicted molar refractivity (Wildman–Crippen MR) is 190 cm³/mol. The van der Waals surface area contributed by atoms with Crippen LogP contribution in [0.1, 0.15) is 201 Å². The number of hydrogen-bond donors (Lipinski definition) is 2. The average Bonchev–Trinajstić information content (AvgIpc) is 3.00. The summed E-state index contributed by atoms with van der Waals surface area (Å²) in [7, 11) is 0. The lowest BCUT2D eigenvalue weighted by atomic mass is 10.1. The molecule has 0 aliphatic carbocycles. The zero-order valence-corrected chi connectivity index (χ0v) is 29.2. The number of hydrogen-bond acceptors (Lipinski definition) is 2. The van der Waals surface area contributed by atoms with E-state index in [-0.39, 0.29) is 17.9 Å². The second kappa shape index (κ2) is 34.9. The summed E-state index contributed by atoms with van der Waals surface area (Å²) in [5.74, 6) is 0.215. The van der Waals surface area contributed by atoms with E-state index in [1.54, 1.807) is 0 Å². The normalized spacial score (nSPS) is 12.3. The average molecular weight is 603 g/mol. The summed E-state index contributed by atoms with van der Waals surface area (Å²) in [6.07, 6.45) is 43.5. The Kier molecular flexibility index (Phi) is 33.6. The Balaban J connectivity index is 3.46. The number of rotatable bonds is 33. The summed E-state index contributed by atoms with van der Waals surface area (Å²) in [6.45, 7) is 7.03. The zero-order chi connectivity index (χ0) is 31.5. The molecule has 0 aromatic rings. The maximum atomic E-state index is 12.2. The van der Waals surface area contributed by atoms with Crippen LogP contribution >= 0.6 is 0 Å². The van der Waals surface area contributed by atoms with Gasteiger partial charge < -0.3 is 10.6 Å². The van der Waals surface area contributed by atoms with Crippen LogP contribution in [0.5, 0.6) is 0 Å². The molecule has 0 fully saturated rings. The first-order chi connectivity index (χ1) is 21.1. The van der Waals surface area contributed by atoms with Crippen molar-refractivity contribution in [3.63, 3.8) is 0 Å². The molecule has 2 N–H and O–H groups in total. The first-order valence-corrected chi connectivity index (χ1v) is 19.0. The molecule has 0 saturated carbocycles. The highest BCUT2D eigenvalue weighted by Crippen LogP contribution is 2.11. The molecule has 4 heteroatoms. The van der Waals surface area contributed by atoms with Crippen molar-refractivity contribution in [3.8, 4) is 0 Å². The summed E-state index contributed by atoms with van der Waals surface area (Å²) in [5.41, 5.74) is 0. The van der Waals surface area contributed by atoms with Gasteiger partial charge in [-0.25, -0.2) is 0 Å². The van der Waals surface area contributed by atoms with Crippen LogP contribution in [0.25, 0.3) is 0 Å². The largest absolute Gasteiger partial charge is 0.354 e. The van der Waals surface area contributed by atoms with Crippen LogP contribution in [0.15, 0.2) is 24.3 Å². The van der Waals surface area contributed by atoms with Crippen LogP contribution in [0.4, 0.5) is 0 Å². The van der Waals surface area contributed by atoms with Crippen LogP contribution < -0.4 is 10.6 Å². The van der Waals surface area contributed by atoms with Gasteiger partial charge in [0, 0.05) is 25.4 Å². The van der Waals surface area contributed by atoms with E-state index < -0.39 is 0 Å². The fourth-order valence-electron chi connectivity index (χ4n) is 5.47. The summed E-state index contributed by atoms with van der Waals surface area (Å²) < 4.78 is 0. The van der Waals surface area contributed by atoms with Crippen molar-refractivity contribution >= 4 is 11.8 Å². The Morgan fingerprint density at radius 1 is 0.465 bits per heavy atom. The predicted octanol–water partition coefficient (Wildman–Crippen LogP) is 11.7. The minimum atomic E-state index is -0.0197. The molecular weight excluding hydrogens is 528 g/mol. The Hall–Kier alpha value is -1.58. The molecule has 252 valence electrons. The van der Waals surface area contributed by atoms with Gasteiger partial charge in [0.15, 0.2) is 0 Å². The second-order valence-corrected chi connectivity index (χ2v) is 12.9. The van der Waals surface area contributed by atoms with Gasteiger partial charge in [0.1, 0.15) is 0 Å². The molecule has 0 aromatic heterocycles. The van der Waals surface area contributed by atoms with E-state index >= 15 is 0 Å². The van der Waals surface area contributed by atoms with Gasteiger partial charge in [-0.15, -0.1) is 0 Å². The van der Waals surface area contributed by atoms with Gasteiger partial charge in [0.05, 0.1) is 0 Å². The van der Waals surface area contributed by atoms with E-state index in [0.29, 0.717) is 19.4 Å². The number of unbranched alkanes of at least 4 members (excludes halogenated alkanes) is 22. The van der Waals surface area contributed by atoms with Crippen LogP contribution in [0, 0.1) is 0 Å². The Bertz CT molecular complexity index is 658. The van der Waals surface area contributed by atoms with E-state index in [9.17, 15) is 9.59 Å². The third-order valence-electron chi connectivity index (χ3n) is 8.34. The van der Waals surface area contributed by atoms with Crippen molar-refractivity contribution in [1.82, 2.24) is 10.6 Å². The quantitative estimate of drug-likeness (QED) is 0.0580. The van der Waals surface area contributed by atoms with Gasteiger partial charge in [-0.3, -0.25) is 9.59 Å². The van der Waals surface area contributed by atoms with Gasteiger partial charge in [-0.1, -0.05) is 141 Å². The van der Waals surface area contributed by atoms with E-state index in [0.717, 1.165) is 25.7 Å². The molecule has 0 aliphatic rings. The topological polar surface area (TPSA) is 58.2 Å². The number of amides is 2. The van der Waals surface area contributed by atoms with Gasteiger partial charge in [-0.2, -0.15) is 0 Å². The molecule has 43 heavy (non-hydrogen) atoms. The first-order valence-electron chi connectivity index (χ1n) is 19.0. The van der Waals surface area contributed by atoms with Crippen molar-refractivity contribution in [1.29, 1.82) is 0 Å². The fourth-order valence-corrected chi connectivity index (χ4v) is 5.47. The number of allylic oxidation sites excluding steroid dienone is 4. The molecule has 0 aliphatic heterocycles. The summed E-state index contributed by atoms with van der Waals surface area (Å²) in [4.78, 5) is 24.4. The third kappa shape index (κ3) is 34.8. The molecule has 0 aromatic carbocycles. The second-order valence-electron chi connectivity index (χ2n) is 12.9. The van der Waals surface area contributed by atoms with Crippen LogP contribution in [-0.2, 0) is 9.59 Å². The molecule has 0 rings (SSSR count). The molecule has 0 saturated heterocycles. The lowest BCUT2D eigenvalue weighted by Crippen LogP contribution is -2.41. The van der Waals surface area contributed by atoms with Crippen molar-refractivity contribution in [2.24, 2.45) is 0 Å². The number of nitrogens with one attached hydrogen (secondary N) is 2. The molecule has 1 atom stereocenters. The maximum absolute atomic E-state index is 12.2. The SMILES string of the molecule is CCCCCCCC/C=C\CCCCCCCC(=O)NCC(C)NC(=O)CCCCCCC/C=C\CCCCCCCC. The highest BCUT2D eigenvalue weighted by atomic mass is 16.2. The lowest BCUT2D eigenvalue weighted by molar-refractivity contribution is -0.123. The van der Waals surface area contributed by atoms with E-state index in [1.165, 1.54) is 141 Å². The molecule has 0 radical (unpaired) electrons. The van der Waals surface area contributed by atoms with Gasteiger partial charge in [0.2, 0.25) is 11.8 Å². The van der Waals surface area contributed by atoms with Crippen molar-refractivity contribution in [2.75, 3.05) is 6.54 Å². The number of carbonyl (C=O) groups excluding carboxylic acids is 2. The van der Waals surface area contributed by atoms with Gasteiger partial charge >= 0.3 is 0 Å². The fraction of sp³-hybridized carbons (Fsp3) is 0.846. The van der Waals surface area contributed by atoms with Crippen LogP contribution in [0.3, 0.4) is 0 Å². The van der Waals surface area contributed by atoms with Crippen LogP contribution in [-0.4, -0.2) is 24.4 Å². The monoisotopic (exact) mass is 603 g/mol. The minimum Gasteiger partial charge on any atom is -0.354 e. The Labute approximate surface area is 269 Å². The molecule has 4 nitrogen and oxygen atoms in total. The summed E-state index contributed by atoms with van der Waals surface area (Å²) in [6, 6.07) is -0.0197. The molecule has 1 unspecified atom stereocenters. The van der Waals surface area contributed by atoms with Gasteiger partial charge in [-0.05, 0) is 71.1 Å². The smallest absolute Gasteiger partial charge is 0.220 e. The van der Waals surface area contributed by atoms with Gasteiger partial charge in [0.25, 0.3) is 0 Å². The minimum absolute atomic E-state index is 0.0197. The molecule has 2 amide bonds. The molecular formula is C39H74N2O2. The summed E-state index contributed by atoms with van der Waals surface area (Å²) >= 11 is 0. The van der Waals surface area contributed by atoms with E-state index in [2.05, 4.69) is 48.8 Å². The molecule has 0 spiro atoms. The Morgan fingerprint density at radius 2 is 0.791 bits per heavy atom. The standard InChI is InChI=1S/C39H74N2O2/c1-4-6-8-10-12-14-16-18-20-22-24-26-28-30-32-34-38(42)40-36-37(3)41-39(43)35-33-31-29-27-25-23-21-19-17-15-13-11-9-7-5-2/h18-21,37H,4-17,22-36H2,1-3H3,(H,40,42)(H,41,43)/b20-18-,21-19-. The highest BCUT2D eigenvalue weighted by molar-refractivity contribution is 5.77. The van der Waals surface area contributed by atoms with Crippen LogP contribution in [0.2, 0.25) is 0 Å². The Morgan fingerprint density at radius 3 is 1.19 bits per heavy atom. The maximum Gasteiger partial charge on any atom is 0.220 e. The zero-order valence-electron chi connectivity index (χ0n) is 29.2. The lowest BCUT2D eigenvalue weighted by Gasteiger charge is -2.15. The van der Waals surface area contributed by atoms with E-state index in [4.69, 9.17) is 0 Å². The number of carbonyl (C=O) groups is 2. The molecule has 0 heterocycles. The third-order valence-corrected chi connectivity index (χ3v) is 8.34. The summed E-state index contributed by atoms with van der Waals surface area (Å²) in [5, 5.41) is 6.03. The van der Waals surface area contributed by atoms with Crippen molar-refractivity contribution in [3.05, 3.63) is 24.3 Å². The van der Waals surface area contributed by atoms with Crippen molar-refractivity contribution < 1.29 is 9.59 Å². The van der Waals surface area contributed by atoms with Crippen molar-refractivity contribution in [2.45, 2.75) is 207 Å².